The number of allylic oxidation sites excluding steroid dienone is 6. The van der Waals surface area contributed by atoms with E-state index in [-0.39, 0.29) is 5.41 Å². The summed E-state index contributed by atoms with van der Waals surface area (Å²) in [6.07, 6.45) is 4.00. The lowest BCUT2D eigenvalue weighted by Crippen LogP contribution is -2.26. The summed E-state index contributed by atoms with van der Waals surface area (Å²) in [5, 5.41) is 0. The Hall–Kier alpha value is -2.12. The molecule has 0 N–H and O–H groups in total. The molecule has 4 rings (SSSR count). The number of hydrogen-bond donors (Lipinski definition) is 0. The molecule has 1 unspecified atom stereocenters. The molecule has 0 amide bonds. The highest BCUT2D eigenvalue weighted by atomic mass is 79.9. The molecule has 2 aromatic carbocycles. The average Bonchev–Trinajstić information content (AvgIpc) is 2.99. The van der Waals surface area contributed by atoms with E-state index in [0.717, 1.165) is 4.47 Å². The van der Waals surface area contributed by atoms with E-state index in [0.29, 0.717) is 0 Å². The van der Waals surface area contributed by atoms with Crippen LogP contribution in [0.25, 0.3) is 11.1 Å². The third-order valence-electron chi connectivity index (χ3n) is 5.64. The molecule has 0 aromatic heterocycles. The predicted molar refractivity (Wildman–Crippen MR) is 107 cm³/mol. The molecule has 1 atom stereocenters. The summed E-state index contributed by atoms with van der Waals surface area (Å²) in [7, 11) is 0. The van der Waals surface area contributed by atoms with Crippen LogP contribution in [0.4, 0.5) is 0 Å². The van der Waals surface area contributed by atoms with Crippen LogP contribution in [0.3, 0.4) is 0 Å². The lowest BCUT2D eigenvalue weighted by molar-refractivity contribution is 0.741. The van der Waals surface area contributed by atoms with E-state index < -0.39 is 0 Å². The van der Waals surface area contributed by atoms with Crippen molar-refractivity contribution in [2.24, 2.45) is 0 Å². The Morgan fingerprint density at radius 1 is 0.833 bits per heavy atom. The largest absolute Gasteiger partial charge is 0.0984 e. The van der Waals surface area contributed by atoms with Gasteiger partial charge in [0.05, 0.1) is 5.41 Å². The Morgan fingerprint density at radius 3 is 2.04 bits per heavy atom. The van der Waals surface area contributed by atoms with Crippen molar-refractivity contribution in [1.29, 1.82) is 0 Å². The van der Waals surface area contributed by atoms with Crippen LogP contribution in [0.15, 0.2) is 83.4 Å². The van der Waals surface area contributed by atoms with Crippen LogP contribution in [0.2, 0.25) is 0 Å². The normalized spacial score (nSPS) is 21.3. The highest BCUT2D eigenvalue weighted by Crippen LogP contribution is 2.60. The Balaban J connectivity index is 2.22. The minimum absolute atomic E-state index is 0.206. The highest BCUT2D eigenvalue weighted by Gasteiger charge is 2.50. The maximum atomic E-state index is 4.08. The predicted octanol–water partition coefficient (Wildman–Crippen LogP) is 6.68. The highest BCUT2D eigenvalue weighted by molar-refractivity contribution is 9.10. The first-order chi connectivity index (χ1) is 11.6. The smallest absolute Gasteiger partial charge is 0.0646 e. The van der Waals surface area contributed by atoms with E-state index in [1.54, 1.807) is 0 Å². The molecule has 2 aliphatic carbocycles. The van der Waals surface area contributed by atoms with Gasteiger partial charge in [-0.05, 0) is 70.5 Å². The van der Waals surface area contributed by atoms with Crippen LogP contribution in [0, 0.1) is 0 Å². The Bertz CT molecular complexity index is 965. The molecule has 1 heteroatoms. The molecule has 0 radical (unpaired) electrons. The summed E-state index contributed by atoms with van der Waals surface area (Å²) in [4.78, 5) is 0. The van der Waals surface area contributed by atoms with Gasteiger partial charge in [-0.3, -0.25) is 0 Å². The van der Waals surface area contributed by atoms with Gasteiger partial charge in [0.1, 0.15) is 0 Å². The average molecular weight is 375 g/mol. The molecule has 0 nitrogen and oxygen atoms in total. The second kappa shape index (κ2) is 5.19. The SMILES string of the molecule is C=CC1=C(C)C2(C(C)=C(C=C)c3ccc(Br)cc32)c2ccccc21. The molecule has 0 saturated heterocycles. The van der Waals surface area contributed by atoms with E-state index in [1.807, 2.05) is 12.2 Å². The van der Waals surface area contributed by atoms with Gasteiger partial charge in [0.2, 0.25) is 0 Å². The van der Waals surface area contributed by atoms with Crippen molar-refractivity contribution in [1.82, 2.24) is 0 Å². The number of rotatable bonds is 2. The minimum atomic E-state index is -0.206. The third kappa shape index (κ3) is 1.63. The number of benzene rings is 2. The van der Waals surface area contributed by atoms with Crippen molar-refractivity contribution in [3.8, 4) is 0 Å². The Kier molecular flexibility index (Phi) is 3.33. The standard InChI is InChI=1S/C23H19Br/c1-5-17-14(3)23(21-10-8-7-9-19(17)21)15(4)18(6-2)20-12-11-16(24)13-22(20)23/h5-13H,1-2H2,3-4H3. The van der Waals surface area contributed by atoms with Gasteiger partial charge in [-0.25, -0.2) is 0 Å². The zero-order valence-electron chi connectivity index (χ0n) is 14.0. The number of halogens is 1. The van der Waals surface area contributed by atoms with E-state index in [1.165, 1.54) is 44.5 Å². The van der Waals surface area contributed by atoms with Gasteiger partial charge in [-0.15, -0.1) is 0 Å². The lowest BCUT2D eigenvalue weighted by Gasteiger charge is -2.32. The van der Waals surface area contributed by atoms with Gasteiger partial charge < -0.3 is 0 Å². The molecule has 0 bridgehead atoms. The summed E-state index contributed by atoms with van der Waals surface area (Å²) in [6.45, 7) is 12.7. The fraction of sp³-hybridized carbons (Fsp3) is 0.130. The maximum absolute atomic E-state index is 4.08. The summed E-state index contributed by atoms with van der Waals surface area (Å²) in [5.74, 6) is 0. The molecule has 1 spiro atoms. The van der Waals surface area contributed by atoms with Crippen molar-refractivity contribution in [2.45, 2.75) is 19.3 Å². The fourth-order valence-corrected chi connectivity index (χ4v) is 5.04. The van der Waals surface area contributed by atoms with Gasteiger partial charge in [0.25, 0.3) is 0 Å². The van der Waals surface area contributed by atoms with Crippen LogP contribution in [0.1, 0.15) is 36.1 Å². The van der Waals surface area contributed by atoms with Gasteiger partial charge in [0, 0.05) is 4.47 Å². The monoisotopic (exact) mass is 374 g/mol. The maximum Gasteiger partial charge on any atom is 0.0646 e. The van der Waals surface area contributed by atoms with Crippen molar-refractivity contribution < 1.29 is 0 Å². The Morgan fingerprint density at radius 2 is 1.42 bits per heavy atom. The summed E-state index contributed by atoms with van der Waals surface area (Å²) < 4.78 is 1.11. The molecular weight excluding hydrogens is 356 g/mol. The van der Waals surface area contributed by atoms with Crippen LogP contribution in [-0.2, 0) is 5.41 Å². The van der Waals surface area contributed by atoms with Crippen LogP contribution >= 0.6 is 15.9 Å². The number of fused-ring (bicyclic) bond motifs is 4. The summed E-state index contributed by atoms with van der Waals surface area (Å²) in [5.41, 5.74) is 10.3. The van der Waals surface area contributed by atoms with Crippen LogP contribution in [0.5, 0.6) is 0 Å². The second-order valence-corrected chi connectivity index (χ2v) is 7.39. The van der Waals surface area contributed by atoms with Gasteiger partial charge in [-0.1, -0.05) is 71.6 Å². The first kappa shape index (κ1) is 15.4. The first-order valence-electron chi connectivity index (χ1n) is 8.15. The second-order valence-electron chi connectivity index (χ2n) is 6.47. The van der Waals surface area contributed by atoms with Crippen molar-refractivity contribution in [3.63, 3.8) is 0 Å². The third-order valence-corrected chi connectivity index (χ3v) is 6.13. The summed E-state index contributed by atoms with van der Waals surface area (Å²) in [6, 6.07) is 15.3. The van der Waals surface area contributed by atoms with Crippen molar-refractivity contribution in [3.05, 3.63) is 106 Å². The van der Waals surface area contributed by atoms with Gasteiger partial charge in [-0.2, -0.15) is 0 Å². The van der Waals surface area contributed by atoms with E-state index in [2.05, 4.69) is 85.4 Å². The Labute approximate surface area is 152 Å². The quantitative estimate of drug-likeness (QED) is 0.549. The minimum Gasteiger partial charge on any atom is -0.0984 e. The topological polar surface area (TPSA) is 0 Å². The first-order valence-corrected chi connectivity index (χ1v) is 8.94. The molecule has 0 aliphatic heterocycles. The zero-order chi connectivity index (χ0) is 17.1. The van der Waals surface area contributed by atoms with Gasteiger partial charge >= 0.3 is 0 Å². The van der Waals surface area contributed by atoms with Crippen LogP contribution < -0.4 is 0 Å². The molecule has 118 valence electrons. The number of hydrogen-bond acceptors (Lipinski definition) is 0. The molecule has 2 aromatic rings. The summed E-state index contributed by atoms with van der Waals surface area (Å²) >= 11 is 3.67. The van der Waals surface area contributed by atoms with Crippen molar-refractivity contribution in [2.75, 3.05) is 0 Å². The molecule has 0 fully saturated rings. The van der Waals surface area contributed by atoms with E-state index in [4.69, 9.17) is 0 Å². The van der Waals surface area contributed by atoms with E-state index in [9.17, 15) is 0 Å². The molecule has 0 saturated carbocycles. The van der Waals surface area contributed by atoms with Crippen LogP contribution in [-0.4, -0.2) is 0 Å². The lowest BCUT2D eigenvalue weighted by atomic mass is 9.70. The van der Waals surface area contributed by atoms with Gasteiger partial charge in [0.15, 0.2) is 0 Å². The van der Waals surface area contributed by atoms with E-state index >= 15 is 0 Å². The molecule has 2 aliphatic rings. The molecular formula is C23H19Br. The van der Waals surface area contributed by atoms with Crippen molar-refractivity contribution >= 4 is 27.1 Å². The fourth-order valence-electron chi connectivity index (χ4n) is 4.68. The zero-order valence-corrected chi connectivity index (χ0v) is 15.6. The molecule has 0 heterocycles. The molecule has 24 heavy (non-hydrogen) atoms.